The van der Waals surface area contributed by atoms with E-state index in [1.807, 2.05) is 0 Å². The minimum atomic E-state index is 0.305. The summed E-state index contributed by atoms with van der Waals surface area (Å²) >= 11 is 30.4. The Labute approximate surface area is 127 Å². The third-order valence-electron chi connectivity index (χ3n) is 2.65. The monoisotopic (exact) mass is 338 g/mol. The van der Waals surface area contributed by atoms with E-state index in [1.165, 1.54) is 0 Å². The fraction of sp³-hybridized carbons (Fsp3) is 0. The van der Waals surface area contributed by atoms with E-state index in [0.717, 1.165) is 0 Å². The second-order valence-electron chi connectivity index (χ2n) is 3.69. The van der Waals surface area contributed by atoms with Crippen LogP contribution in [0.4, 0.5) is 0 Å². The molecule has 1 aromatic heterocycles. The van der Waals surface area contributed by atoms with Crippen molar-refractivity contribution in [3.8, 4) is 0 Å². The molecule has 92 valence electrons. The third-order valence-corrected chi connectivity index (χ3v) is 4.52. The Balaban J connectivity index is 2.66. The van der Waals surface area contributed by atoms with E-state index < -0.39 is 0 Å². The van der Waals surface area contributed by atoms with Crippen molar-refractivity contribution in [2.45, 2.75) is 0 Å². The molecule has 18 heavy (non-hydrogen) atoms. The highest BCUT2D eigenvalue weighted by molar-refractivity contribution is 6.51. The molecule has 0 fully saturated rings. The van der Waals surface area contributed by atoms with Crippen molar-refractivity contribution in [2.24, 2.45) is 0 Å². The highest BCUT2D eigenvalue weighted by atomic mass is 35.5. The zero-order valence-electron chi connectivity index (χ0n) is 8.53. The first-order valence-corrected chi connectivity index (χ1v) is 6.73. The molecule has 0 atom stereocenters. The average Bonchev–Trinajstić information content (AvgIpc) is 2.72. The molecule has 3 aromatic rings. The van der Waals surface area contributed by atoms with Crippen LogP contribution in [-0.4, -0.2) is 0 Å². The lowest BCUT2D eigenvalue weighted by Gasteiger charge is -2.00. The van der Waals surface area contributed by atoms with Gasteiger partial charge < -0.3 is 4.42 Å². The quantitative estimate of drug-likeness (QED) is 0.408. The van der Waals surface area contributed by atoms with Gasteiger partial charge in [-0.3, -0.25) is 0 Å². The number of hydrogen-bond acceptors (Lipinski definition) is 1. The lowest BCUT2D eigenvalue weighted by Crippen LogP contribution is -1.75. The van der Waals surface area contributed by atoms with Crippen LogP contribution in [0.2, 0.25) is 25.1 Å². The van der Waals surface area contributed by atoms with Crippen molar-refractivity contribution in [1.82, 2.24) is 0 Å². The molecule has 0 bridgehead atoms. The van der Waals surface area contributed by atoms with E-state index in [9.17, 15) is 0 Å². The lowest BCUT2D eigenvalue weighted by molar-refractivity contribution is 0.669. The summed E-state index contributed by atoms with van der Waals surface area (Å²) in [6.07, 6.45) is 0. The highest BCUT2D eigenvalue weighted by Crippen LogP contribution is 2.45. The predicted molar refractivity (Wildman–Crippen MR) is 78.8 cm³/mol. The first-order chi connectivity index (χ1) is 8.50. The fourth-order valence-electron chi connectivity index (χ4n) is 1.86. The van der Waals surface area contributed by atoms with Crippen LogP contribution in [0.15, 0.2) is 22.6 Å². The van der Waals surface area contributed by atoms with E-state index in [1.54, 1.807) is 18.2 Å². The van der Waals surface area contributed by atoms with E-state index in [4.69, 9.17) is 62.4 Å². The van der Waals surface area contributed by atoms with Gasteiger partial charge in [0.2, 0.25) is 0 Å². The molecule has 1 heterocycles. The molecule has 0 radical (unpaired) electrons. The molecule has 0 aliphatic rings. The SMILES string of the molecule is Clc1cc(Cl)c2c(oc3ccc(Cl)c(Cl)c32)c1Cl. The zero-order chi connectivity index (χ0) is 13.0. The second kappa shape index (κ2) is 4.36. The summed E-state index contributed by atoms with van der Waals surface area (Å²) in [4.78, 5) is 0. The van der Waals surface area contributed by atoms with Crippen molar-refractivity contribution >= 4 is 79.9 Å². The molecule has 1 nitrogen and oxygen atoms in total. The van der Waals surface area contributed by atoms with Crippen LogP contribution in [-0.2, 0) is 0 Å². The van der Waals surface area contributed by atoms with Gasteiger partial charge in [0.05, 0.1) is 25.5 Å². The van der Waals surface area contributed by atoms with Gasteiger partial charge in [-0.2, -0.15) is 0 Å². The van der Waals surface area contributed by atoms with Gasteiger partial charge in [-0.15, -0.1) is 0 Å². The molecule has 0 N–H and O–H groups in total. The molecule has 0 saturated carbocycles. The summed E-state index contributed by atoms with van der Waals surface area (Å²) in [6.45, 7) is 0. The third kappa shape index (κ3) is 1.70. The van der Waals surface area contributed by atoms with Crippen molar-refractivity contribution in [3.05, 3.63) is 43.3 Å². The van der Waals surface area contributed by atoms with Crippen molar-refractivity contribution in [3.63, 3.8) is 0 Å². The van der Waals surface area contributed by atoms with Crippen LogP contribution < -0.4 is 0 Å². The number of rotatable bonds is 0. The van der Waals surface area contributed by atoms with Crippen LogP contribution in [0.1, 0.15) is 0 Å². The van der Waals surface area contributed by atoms with Gasteiger partial charge in [0, 0.05) is 5.39 Å². The van der Waals surface area contributed by atoms with E-state index in [-0.39, 0.29) is 0 Å². The van der Waals surface area contributed by atoms with Crippen molar-refractivity contribution in [1.29, 1.82) is 0 Å². The van der Waals surface area contributed by atoms with E-state index in [0.29, 0.717) is 47.1 Å². The fourth-order valence-corrected chi connectivity index (χ4v) is 3.00. The maximum atomic E-state index is 6.18. The largest absolute Gasteiger partial charge is 0.454 e. The zero-order valence-corrected chi connectivity index (χ0v) is 12.3. The van der Waals surface area contributed by atoms with E-state index >= 15 is 0 Å². The second-order valence-corrected chi connectivity index (χ2v) is 5.67. The molecular formula is C12H3Cl5O. The molecule has 0 aliphatic carbocycles. The topological polar surface area (TPSA) is 13.1 Å². The standard InChI is InChI=1S/C12H3Cl5O/c13-4-1-2-7-9(10(4)16)8-5(14)3-6(15)11(17)12(8)18-7/h1-3H. The number of halogens is 5. The molecule has 2 aromatic carbocycles. The predicted octanol–water partition coefficient (Wildman–Crippen LogP) is 6.85. The summed E-state index contributed by atoms with van der Waals surface area (Å²) < 4.78 is 5.64. The first kappa shape index (κ1) is 12.7. The maximum absolute atomic E-state index is 6.18. The van der Waals surface area contributed by atoms with Crippen LogP contribution in [0.3, 0.4) is 0 Å². The Bertz CT molecular complexity index is 790. The molecule has 6 heteroatoms. The molecule has 0 amide bonds. The van der Waals surface area contributed by atoms with Crippen molar-refractivity contribution < 1.29 is 4.42 Å². The molecule has 0 saturated heterocycles. The van der Waals surface area contributed by atoms with Crippen LogP contribution in [0.5, 0.6) is 0 Å². The summed E-state index contributed by atoms with van der Waals surface area (Å²) in [6, 6.07) is 4.92. The number of furan rings is 1. The smallest absolute Gasteiger partial charge is 0.157 e. The normalized spacial score (nSPS) is 11.6. The molecule has 3 rings (SSSR count). The summed E-state index contributed by atoms with van der Waals surface area (Å²) in [5, 5.41) is 3.12. The summed E-state index contributed by atoms with van der Waals surface area (Å²) in [5.74, 6) is 0. The lowest BCUT2D eigenvalue weighted by atomic mass is 10.1. The Morgan fingerprint density at radius 1 is 0.722 bits per heavy atom. The van der Waals surface area contributed by atoms with Gasteiger partial charge in [0.1, 0.15) is 10.6 Å². The molecule has 0 spiro atoms. The summed E-state index contributed by atoms with van der Waals surface area (Å²) in [7, 11) is 0. The summed E-state index contributed by atoms with van der Waals surface area (Å²) in [5.41, 5.74) is 0.971. The number of fused-ring (bicyclic) bond motifs is 3. The van der Waals surface area contributed by atoms with Crippen LogP contribution >= 0.6 is 58.0 Å². The van der Waals surface area contributed by atoms with Gasteiger partial charge in [0.15, 0.2) is 5.58 Å². The van der Waals surface area contributed by atoms with Crippen molar-refractivity contribution in [2.75, 3.05) is 0 Å². The minimum absolute atomic E-state index is 0.305. The molecule has 0 unspecified atom stereocenters. The Hall–Kier alpha value is -0.310. The highest BCUT2D eigenvalue weighted by Gasteiger charge is 2.19. The average molecular weight is 340 g/mol. The van der Waals surface area contributed by atoms with Gasteiger partial charge in [-0.1, -0.05) is 58.0 Å². The Kier molecular flexibility index (Phi) is 3.08. The Morgan fingerprint density at radius 3 is 2.17 bits per heavy atom. The van der Waals surface area contributed by atoms with Gasteiger partial charge in [-0.25, -0.2) is 0 Å². The van der Waals surface area contributed by atoms with Gasteiger partial charge >= 0.3 is 0 Å². The number of hydrogen-bond donors (Lipinski definition) is 0. The first-order valence-electron chi connectivity index (χ1n) is 4.84. The van der Waals surface area contributed by atoms with Crippen LogP contribution in [0.25, 0.3) is 21.9 Å². The van der Waals surface area contributed by atoms with Gasteiger partial charge in [-0.05, 0) is 18.2 Å². The minimum Gasteiger partial charge on any atom is -0.454 e. The molecule has 0 aliphatic heterocycles. The number of benzene rings is 2. The van der Waals surface area contributed by atoms with Gasteiger partial charge in [0.25, 0.3) is 0 Å². The Morgan fingerprint density at radius 2 is 1.44 bits per heavy atom. The van der Waals surface area contributed by atoms with E-state index in [2.05, 4.69) is 0 Å². The molecular weight excluding hydrogens is 337 g/mol. The maximum Gasteiger partial charge on any atom is 0.157 e. The van der Waals surface area contributed by atoms with Crippen LogP contribution in [0, 0.1) is 0 Å².